The van der Waals surface area contributed by atoms with E-state index in [1.165, 1.54) is 0 Å². The van der Waals surface area contributed by atoms with E-state index >= 15 is 0 Å². The Kier molecular flexibility index (Phi) is 3.58. The van der Waals surface area contributed by atoms with Crippen LogP contribution in [0.2, 0.25) is 0 Å². The predicted molar refractivity (Wildman–Crippen MR) is 69.1 cm³/mol. The summed E-state index contributed by atoms with van der Waals surface area (Å²) in [4.78, 5) is 8.57. The fourth-order valence-corrected chi connectivity index (χ4v) is 1.71. The Balaban J connectivity index is 2.00. The first kappa shape index (κ1) is 12.1. The number of aromatic nitrogens is 3. The van der Waals surface area contributed by atoms with Crippen molar-refractivity contribution in [1.29, 1.82) is 5.26 Å². The molecule has 0 atom stereocenters. The number of nitrogens with one attached hydrogen (secondary N) is 1. The van der Waals surface area contributed by atoms with Gasteiger partial charge in [0, 0.05) is 38.1 Å². The average molecular weight is 241 g/mol. The number of aryl methyl sites for hydroxylation is 2. The largest absolute Gasteiger partial charge is 0.369 e. The van der Waals surface area contributed by atoms with Gasteiger partial charge in [-0.15, -0.1) is 0 Å². The first-order valence-electron chi connectivity index (χ1n) is 5.78. The molecular formula is C13H15N5. The second-order valence-electron chi connectivity index (χ2n) is 4.09. The number of hydrogen-bond acceptors (Lipinski definition) is 4. The topological polar surface area (TPSA) is 66.5 Å². The van der Waals surface area contributed by atoms with Crippen molar-refractivity contribution in [3.8, 4) is 6.07 Å². The minimum atomic E-state index is 0.570. The van der Waals surface area contributed by atoms with Crippen LogP contribution in [-0.2, 0) is 13.5 Å². The van der Waals surface area contributed by atoms with E-state index in [1.807, 2.05) is 30.8 Å². The summed E-state index contributed by atoms with van der Waals surface area (Å²) in [6.07, 6.45) is 4.49. The third-order valence-corrected chi connectivity index (χ3v) is 2.72. The first-order chi connectivity index (χ1) is 8.70. The van der Waals surface area contributed by atoms with Crippen molar-refractivity contribution in [3.05, 3.63) is 41.6 Å². The van der Waals surface area contributed by atoms with E-state index in [1.54, 1.807) is 12.3 Å². The molecule has 0 aliphatic carbocycles. The van der Waals surface area contributed by atoms with E-state index in [4.69, 9.17) is 5.26 Å². The van der Waals surface area contributed by atoms with Gasteiger partial charge in [0.05, 0.1) is 5.56 Å². The van der Waals surface area contributed by atoms with Crippen LogP contribution in [0, 0.1) is 18.3 Å². The zero-order valence-electron chi connectivity index (χ0n) is 10.5. The number of hydrogen-bond donors (Lipinski definition) is 1. The molecule has 2 heterocycles. The van der Waals surface area contributed by atoms with Crippen molar-refractivity contribution in [3.63, 3.8) is 0 Å². The number of nitriles is 1. The summed E-state index contributed by atoms with van der Waals surface area (Å²) in [5.41, 5.74) is 1.47. The molecule has 0 saturated heterocycles. The molecule has 0 unspecified atom stereocenters. The Morgan fingerprint density at radius 1 is 1.44 bits per heavy atom. The van der Waals surface area contributed by atoms with E-state index in [9.17, 15) is 0 Å². The molecule has 2 rings (SSSR count). The number of pyridine rings is 1. The minimum absolute atomic E-state index is 0.570. The zero-order valence-corrected chi connectivity index (χ0v) is 10.5. The van der Waals surface area contributed by atoms with Gasteiger partial charge in [0.25, 0.3) is 0 Å². The number of imidazole rings is 1. The van der Waals surface area contributed by atoms with Crippen molar-refractivity contribution >= 4 is 5.82 Å². The molecule has 0 bridgehead atoms. The van der Waals surface area contributed by atoms with Crippen LogP contribution in [0.25, 0.3) is 0 Å². The summed E-state index contributed by atoms with van der Waals surface area (Å²) >= 11 is 0. The third-order valence-electron chi connectivity index (χ3n) is 2.72. The molecule has 0 aliphatic rings. The molecule has 0 amide bonds. The van der Waals surface area contributed by atoms with Crippen molar-refractivity contribution in [1.82, 2.24) is 14.5 Å². The molecule has 2 aromatic rings. The maximum atomic E-state index is 8.99. The van der Waals surface area contributed by atoms with Gasteiger partial charge in [-0.3, -0.25) is 0 Å². The highest BCUT2D eigenvalue weighted by atomic mass is 15.0. The highest BCUT2D eigenvalue weighted by Gasteiger charge is 2.04. The van der Waals surface area contributed by atoms with Crippen LogP contribution in [0.4, 0.5) is 5.82 Å². The van der Waals surface area contributed by atoms with Gasteiger partial charge < -0.3 is 9.88 Å². The minimum Gasteiger partial charge on any atom is -0.369 e. The second kappa shape index (κ2) is 5.32. The fourth-order valence-electron chi connectivity index (χ4n) is 1.71. The predicted octanol–water partition coefficient (Wildman–Crippen LogP) is 1.65. The van der Waals surface area contributed by atoms with Crippen LogP contribution in [0.1, 0.15) is 17.1 Å². The van der Waals surface area contributed by atoms with Gasteiger partial charge in [0.15, 0.2) is 0 Å². The molecule has 18 heavy (non-hydrogen) atoms. The van der Waals surface area contributed by atoms with Crippen LogP contribution < -0.4 is 5.32 Å². The smallest absolute Gasteiger partial charge is 0.144 e. The molecule has 5 nitrogen and oxygen atoms in total. The zero-order chi connectivity index (χ0) is 13.0. The molecule has 0 radical (unpaired) electrons. The summed E-state index contributed by atoms with van der Waals surface area (Å²) in [6, 6.07) is 5.75. The highest BCUT2D eigenvalue weighted by Crippen LogP contribution is 2.12. The fraction of sp³-hybridized carbons (Fsp3) is 0.308. The van der Waals surface area contributed by atoms with Gasteiger partial charge in [0.2, 0.25) is 0 Å². The van der Waals surface area contributed by atoms with Gasteiger partial charge in [-0.2, -0.15) is 5.26 Å². The van der Waals surface area contributed by atoms with E-state index in [0.29, 0.717) is 17.9 Å². The Morgan fingerprint density at radius 2 is 2.28 bits per heavy atom. The summed E-state index contributed by atoms with van der Waals surface area (Å²) in [7, 11) is 1.97. The monoisotopic (exact) mass is 241 g/mol. The summed E-state index contributed by atoms with van der Waals surface area (Å²) in [5, 5.41) is 12.2. The molecule has 2 aromatic heterocycles. The van der Waals surface area contributed by atoms with E-state index in [-0.39, 0.29) is 0 Å². The summed E-state index contributed by atoms with van der Waals surface area (Å²) in [6.45, 7) is 2.61. The van der Waals surface area contributed by atoms with Crippen LogP contribution in [-0.4, -0.2) is 21.1 Å². The lowest BCUT2D eigenvalue weighted by molar-refractivity contribution is 0.788. The Morgan fingerprint density at radius 3 is 2.94 bits per heavy atom. The molecule has 92 valence electrons. The Hall–Kier alpha value is -2.35. The molecule has 1 N–H and O–H groups in total. The van der Waals surface area contributed by atoms with Crippen LogP contribution >= 0.6 is 0 Å². The lowest BCUT2D eigenvalue weighted by Crippen LogP contribution is -2.11. The normalized spacial score (nSPS) is 10.1. The van der Waals surface area contributed by atoms with Gasteiger partial charge in [-0.05, 0) is 19.1 Å². The average Bonchev–Trinajstić information content (AvgIpc) is 2.76. The molecule has 0 aliphatic heterocycles. The first-order valence-corrected chi connectivity index (χ1v) is 5.78. The van der Waals surface area contributed by atoms with Crippen molar-refractivity contribution in [2.75, 3.05) is 11.9 Å². The maximum absolute atomic E-state index is 8.99. The van der Waals surface area contributed by atoms with Gasteiger partial charge in [-0.25, -0.2) is 9.97 Å². The van der Waals surface area contributed by atoms with E-state index in [2.05, 4.69) is 21.4 Å². The number of anilines is 1. The second-order valence-corrected chi connectivity index (χ2v) is 4.09. The molecule has 0 spiro atoms. The molecule has 0 fully saturated rings. The Bertz CT molecular complexity index is 579. The summed E-state index contributed by atoms with van der Waals surface area (Å²) < 4.78 is 1.98. The standard InChI is InChI=1S/C13H15N5/c1-10-3-4-11(9-14)13(17-10)16-6-5-12-15-7-8-18(12)2/h3-4,7-8H,5-6H2,1-2H3,(H,16,17). The maximum Gasteiger partial charge on any atom is 0.144 e. The van der Waals surface area contributed by atoms with E-state index < -0.39 is 0 Å². The van der Waals surface area contributed by atoms with Crippen LogP contribution in [0.5, 0.6) is 0 Å². The summed E-state index contributed by atoms with van der Waals surface area (Å²) in [5.74, 6) is 1.65. The van der Waals surface area contributed by atoms with Crippen molar-refractivity contribution < 1.29 is 0 Å². The van der Waals surface area contributed by atoms with Crippen molar-refractivity contribution in [2.45, 2.75) is 13.3 Å². The highest BCUT2D eigenvalue weighted by molar-refractivity contribution is 5.52. The van der Waals surface area contributed by atoms with Crippen LogP contribution in [0.15, 0.2) is 24.5 Å². The lowest BCUT2D eigenvalue weighted by Gasteiger charge is -2.08. The quantitative estimate of drug-likeness (QED) is 0.883. The molecule has 0 saturated carbocycles. The number of rotatable bonds is 4. The van der Waals surface area contributed by atoms with Gasteiger partial charge in [-0.1, -0.05) is 0 Å². The lowest BCUT2D eigenvalue weighted by atomic mass is 10.2. The molecule has 0 aromatic carbocycles. The SMILES string of the molecule is Cc1ccc(C#N)c(NCCc2nccn2C)n1. The van der Waals surface area contributed by atoms with E-state index in [0.717, 1.165) is 17.9 Å². The molecule has 5 heteroatoms. The van der Waals surface area contributed by atoms with Crippen molar-refractivity contribution in [2.24, 2.45) is 7.05 Å². The third kappa shape index (κ3) is 2.66. The van der Waals surface area contributed by atoms with Gasteiger partial charge >= 0.3 is 0 Å². The number of nitrogens with zero attached hydrogens (tertiary/aromatic N) is 4. The molecular weight excluding hydrogens is 226 g/mol. The van der Waals surface area contributed by atoms with Crippen LogP contribution in [0.3, 0.4) is 0 Å². The Labute approximate surface area is 106 Å². The van der Waals surface area contributed by atoms with Gasteiger partial charge in [0.1, 0.15) is 17.7 Å².